The molecule has 0 aliphatic rings. The lowest BCUT2D eigenvalue weighted by atomic mass is 10.2. The number of halogens is 1. The first-order valence-corrected chi connectivity index (χ1v) is 6.88. The van der Waals surface area contributed by atoms with Gasteiger partial charge in [-0.3, -0.25) is 0 Å². The van der Waals surface area contributed by atoms with Crippen molar-refractivity contribution in [3.63, 3.8) is 0 Å². The molecule has 0 saturated carbocycles. The molecule has 2 aromatic rings. The van der Waals surface area contributed by atoms with Crippen LogP contribution in [0, 0.1) is 6.92 Å². The fourth-order valence-corrected chi connectivity index (χ4v) is 2.66. The Hall–Kier alpha value is -1.06. The summed E-state index contributed by atoms with van der Waals surface area (Å²) in [7, 11) is 0. The average molecular weight is 267 g/mol. The van der Waals surface area contributed by atoms with Gasteiger partial charge >= 0.3 is 0 Å². The van der Waals surface area contributed by atoms with Gasteiger partial charge in [-0.1, -0.05) is 30.7 Å². The zero-order valence-corrected chi connectivity index (χ0v) is 11.5. The van der Waals surface area contributed by atoms with Crippen LogP contribution in [0.4, 0.5) is 5.69 Å². The fraction of sp³-hybridized carbons (Fsp3) is 0.308. The fourth-order valence-electron chi connectivity index (χ4n) is 1.63. The van der Waals surface area contributed by atoms with Gasteiger partial charge in [0.2, 0.25) is 0 Å². The molecule has 1 heterocycles. The Kier molecular flexibility index (Phi) is 4.02. The molecule has 0 unspecified atom stereocenters. The Bertz CT molecular complexity index is 488. The summed E-state index contributed by atoms with van der Waals surface area (Å²) in [5.74, 6) is 0. The summed E-state index contributed by atoms with van der Waals surface area (Å²) < 4.78 is 0. The van der Waals surface area contributed by atoms with Crippen LogP contribution in [0.25, 0.3) is 0 Å². The molecular weight excluding hydrogens is 252 g/mol. The Labute approximate surface area is 111 Å². The molecule has 90 valence electrons. The molecule has 0 aliphatic heterocycles. The minimum atomic E-state index is 0.723. The van der Waals surface area contributed by atoms with E-state index in [0.29, 0.717) is 0 Å². The van der Waals surface area contributed by atoms with Gasteiger partial charge in [-0.15, -0.1) is 11.3 Å². The summed E-state index contributed by atoms with van der Waals surface area (Å²) in [6.45, 7) is 4.89. The highest BCUT2D eigenvalue weighted by Gasteiger charge is 2.04. The monoisotopic (exact) mass is 266 g/mol. The molecule has 0 radical (unpaired) electrons. The van der Waals surface area contributed by atoms with Gasteiger partial charge in [-0.2, -0.15) is 0 Å². The van der Waals surface area contributed by atoms with E-state index in [1.807, 2.05) is 25.1 Å². The van der Waals surface area contributed by atoms with Crippen LogP contribution >= 0.6 is 22.9 Å². The SMILES string of the molecule is CCc1nc(CNc2c(C)cccc2Cl)cs1. The maximum absolute atomic E-state index is 6.15. The third kappa shape index (κ3) is 2.99. The summed E-state index contributed by atoms with van der Waals surface area (Å²) in [6, 6.07) is 5.91. The number of thiazole rings is 1. The van der Waals surface area contributed by atoms with Crippen LogP contribution in [0.15, 0.2) is 23.6 Å². The topological polar surface area (TPSA) is 24.9 Å². The highest BCUT2D eigenvalue weighted by molar-refractivity contribution is 7.09. The van der Waals surface area contributed by atoms with Crippen LogP contribution in [-0.2, 0) is 13.0 Å². The van der Waals surface area contributed by atoms with Gasteiger partial charge in [0.05, 0.1) is 28.0 Å². The maximum atomic E-state index is 6.15. The van der Waals surface area contributed by atoms with Crippen molar-refractivity contribution in [2.45, 2.75) is 26.8 Å². The molecule has 1 aromatic heterocycles. The zero-order chi connectivity index (χ0) is 12.3. The Morgan fingerprint density at radius 3 is 2.88 bits per heavy atom. The van der Waals surface area contributed by atoms with Crippen molar-refractivity contribution in [3.05, 3.63) is 44.9 Å². The van der Waals surface area contributed by atoms with Crippen molar-refractivity contribution in [3.8, 4) is 0 Å². The van der Waals surface area contributed by atoms with Gasteiger partial charge in [0.25, 0.3) is 0 Å². The van der Waals surface area contributed by atoms with E-state index in [1.54, 1.807) is 11.3 Å². The van der Waals surface area contributed by atoms with Crippen LogP contribution in [-0.4, -0.2) is 4.98 Å². The quantitative estimate of drug-likeness (QED) is 0.893. The molecule has 1 aromatic carbocycles. The van der Waals surface area contributed by atoms with Crippen LogP contribution in [0.2, 0.25) is 5.02 Å². The van der Waals surface area contributed by atoms with Crippen molar-refractivity contribution < 1.29 is 0 Å². The Morgan fingerprint density at radius 1 is 1.41 bits per heavy atom. The first kappa shape index (κ1) is 12.4. The van der Waals surface area contributed by atoms with Gasteiger partial charge in [0.15, 0.2) is 0 Å². The molecule has 0 fully saturated rings. The summed E-state index contributed by atoms with van der Waals surface area (Å²) in [4.78, 5) is 4.52. The van der Waals surface area contributed by atoms with E-state index >= 15 is 0 Å². The largest absolute Gasteiger partial charge is 0.378 e. The smallest absolute Gasteiger partial charge is 0.0926 e. The normalized spacial score (nSPS) is 10.5. The molecule has 2 nitrogen and oxygen atoms in total. The number of nitrogens with zero attached hydrogens (tertiary/aromatic N) is 1. The number of rotatable bonds is 4. The minimum Gasteiger partial charge on any atom is -0.378 e. The third-order valence-electron chi connectivity index (χ3n) is 2.57. The van der Waals surface area contributed by atoms with Crippen LogP contribution in [0.5, 0.6) is 0 Å². The molecule has 0 bridgehead atoms. The van der Waals surface area contributed by atoms with Crippen molar-refractivity contribution in [2.75, 3.05) is 5.32 Å². The van der Waals surface area contributed by atoms with E-state index in [0.717, 1.165) is 34.9 Å². The summed E-state index contributed by atoms with van der Waals surface area (Å²) in [5, 5.41) is 7.38. The van der Waals surface area contributed by atoms with Crippen LogP contribution in [0.1, 0.15) is 23.2 Å². The highest BCUT2D eigenvalue weighted by atomic mass is 35.5. The molecular formula is C13H15ClN2S. The minimum absolute atomic E-state index is 0.723. The number of hydrogen-bond acceptors (Lipinski definition) is 3. The Morgan fingerprint density at radius 2 is 2.24 bits per heavy atom. The standard InChI is InChI=1S/C13H15ClN2S/c1-3-12-16-10(8-17-12)7-15-13-9(2)5-4-6-11(13)14/h4-6,8,15H,3,7H2,1-2H3. The predicted molar refractivity (Wildman–Crippen MR) is 75.0 cm³/mol. The third-order valence-corrected chi connectivity index (χ3v) is 3.93. The molecule has 4 heteroatoms. The molecule has 2 rings (SSSR count). The first-order valence-electron chi connectivity index (χ1n) is 5.63. The van der Waals surface area contributed by atoms with Gasteiger partial charge in [0, 0.05) is 5.38 Å². The van der Waals surface area contributed by atoms with Crippen molar-refractivity contribution in [2.24, 2.45) is 0 Å². The molecule has 0 atom stereocenters. The number of anilines is 1. The number of para-hydroxylation sites is 1. The van der Waals surface area contributed by atoms with Crippen LogP contribution in [0.3, 0.4) is 0 Å². The molecule has 17 heavy (non-hydrogen) atoms. The van der Waals surface area contributed by atoms with Crippen molar-refractivity contribution >= 4 is 28.6 Å². The second-order valence-electron chi connectivity index (χ2n) is 3.87. The molecule has 0 saturated heterocycles. The lowest BCUT2D eigenvalue weighted by Crippen LogP contribution is -2.02. The van der Waals surface area contributed by atoms with E-state index < -0.39 is 0 Å². The van der Waals surface area contributed by atoms with Gasteiger partial charge in [-0.05, 0) is 25.0 Å². The first-order chi connectivity index (χ1) is 8.20. The van der Waals surface area contributed by atoms with Crippen LogP contribution < -0.4 is 5.32 Å². The zero-order valence-electron chi connectivity index (χ0n) is 9.96. The van der Waals surface area contributed by atoms with E-state index in [-0.39, 0.29) is 0 Å². The summed E-state index contributed by atoms with van der Waals surface area (Å²) >= 11 is 7.86. The molecule has 0 spiro atoms. The second kappa shape index (κ2) is 5.52. The highest BCUT2D eigenvalue weighted by Crippen LogP contribution is 2.25. The number of aryl methyl sites for hydroxylation is 2. The van der Waals surface area contributed by atoms with Crippen molar-refractivity contribution in [1.82, 2.24) is 4.98 Å². The number of hydrogen-bond donors (Lipinski definition) is 1. The number of nitrogens with one attached hydrogen (secondary N) is 1. The van der Waals surface area contributed by atoms with Gasteiger partial charge < -0.3 is 5.32 Å². The Balaban J connectivity index is 2.07. The van der Waals surface area contributed by atoms with E-state index in [9.17, 15) is 0 Å². The lowest BCUT2D eigenvalue weighted by molar-refractivity contribution is 1.01. The average Bonchev–Trinajstić information content (AvgIpc) is 2.76. The summed E-state index contributed by atoms with van der Waals surface area (Å²) in [5.41, 5.74) is 3.23. The predicted octanol–water partition coefficient (Wildman–Crippen LogP) is 4.28. The van der Waals surface area contributed by atoms with Gasteiger partial charge in [-0.25, -0.2) is 4.98 Å². The van der Waals surface area contributed by atoms with E-state index in [2.05, 4.69) is 22.6 Å². The molecule has 1 N–H and O–H groups in total. The second-order valence-corrected chi connectivity index (χ2v) is 5.22. The van der Waals surface area contributed by atoms with E-state index in [1.165, 1.54) is 5.01 Å². The summed E-state index contributed by atoms with van der Waals surface area (Å²) in [6.07, 6.45) is 0.996. The maximum Gasteiger partial charge on any atom is 0.0926 e. The van der Waals surface area contributed by atoms with Gasteiger partial charge in [0.1, 0.15) is 0 Å². The molecule has 0 aliphatic carbocycles. The lowest BCUT2D eigenvalue weighted by Gasteiger charge is -2.09. The van der Waals surface area contributed by atoms with Crippen molar-refractivity contribution in [1.29, 1.82) is 0 Å². The van der Waals surface area contributed by atoms with E-state index in [4.69, 9.17) is 11.6 Å². The number of benzene rings is 1. The molecule has 0 amide bonds. The number of aromatic nitrogens is 1.